The molecule has 2 aromatic rings. The Kier molecular flexibility index (Phi) is 4.78. The lowest BCUT2D eigenvalue weighted by atomic mass is 10.1. The summed E-state index contributed by atoms with van der Waals surface area (Å²) in [6, 6.07) is 10.7. The second-order valence-corrected chi connectivity index (χ2v) is 5.74. The van der Waals surface area contributed by atoms with Gasteiger partial charge < -0.3 is 15.2 Å². The first-order valence-electron chi connectivity index (χ1n) is 6.09. The molecule has 20 heavy (non-hydrogen) atoms. The number of rotatable bonds is 4. The SMILES string of the molecule is COc1ccc(O)c(C(C)Nc2ccc(Br)cc2Cl)c1. The molecule has 0 heterocycles. The molecule has 0 aromatic heterocycles. The minimum atomic E-state index is -0.108. The number of phenols is 1. The van der Waals surface area contributed by atoms with Gasteiger partial charge in [-0.3, -0.25) is 0 Å². The van der Waals surface area contributed by atoms with Gasteiger partial charge in [0.15, 0.2) is 0 Å². The molecule has 0 saturated carbocycles. The number of hydrogen-bond donors (Lipinski definition) is 2. The molecule has 0 aliphatic heterocycles. The molecule has 3 nitrogen and oxygen atoms in total. The number of methoxy groups -OCH3 is 1. The smallest absolute Gasteiger partial charge is 0.121 e. The maximum atomic E-state index is 9.96. The number of nitrogens with one attached hydrogen (secondary N) is 1. The van der Waals surface area contributed by atoms with E-state index in [1.807, 2.05) is 25.1 Å². The van der Waals surface area contributed by atoms with Crippen molar-refractivity contribution >= 4 is 33.2 Å². The Balaban J connectivity index is 2.25. The normalized spacial score (nSPS) is 12.0. The molecule has 1 unspecified atom stereocenters. The molecule has 1 atom stereocenters. The Hall–Kier alpha value is -1.39. The van der Waals surface area contributed by atoms with Gasteiger partial charge in [0.1, 0.15) is 11.5 Å². The van der Waals surface area contributed by atoms with E-state index in [0.717, 1.165) is 15.7 Å². The van der Waals surface area contributed by atoms with E-state index in [0.29, 0.717) is 10.8 Å². The summed E-state index contributed by atoms with van der Waals surface area (Å²) in [5, 5.41) is 13.9. The second kappa shape index (κ2) is 6.37. The van der Waals surface area contributed by atoms with Gasteiger partial charge in [-0.15, -0.1) is 0 Å². The molecule has 0 amide bonds. The van der Waals surface area contributed by atoms with E-state index in [1.165, 1.54) is 0 Å². The highest BCUT2D eigenvalue weighted by molar-refractivity contribution is 9.10. The van der Waals surface area contributed by atoms with E-state index >= 15 is 0 Å². The van der Waals surface area contributed by atoms with Gasteiger partial charge in [-0.05, 0) is 43.3 Å². The lowest BCUT2D eigenvalue weighted by Gasteiger charge is -2.18. The molecule has 106 valence electrons. The zero-order valence-electron chi connectivity index (χ0n) is 11.2. The van der Waals surface area contributed by atoms with E-state index in [-0.39, 0.29) is 11.8 Å². The molecule has 5 heteroatoms. The number of aromatic hydroxyl groups is 1. The van der Waals surface area contributed by atoms with Crippen molar-refractivity contribution in [3.8, 4) is 11.5 Å². The van der Waals surface area contributed by atoms with Crippen LogP contribution in [0.1, 0.15) is 18.5 Å². The van der Waals surface area contributed by atoms with Crippen LogP contribution in [0.25, 0.3) is 0 Å². The fourth-order valence-corrected chi connectivity index (χ4v) is 2.65. The summed E-state index contributed by atoms with van der Waals surface area (Å²) >= 11 is 9.55. The summed E-state index contributed by atoms with van der Waals surface area (Å²) < 4.78 is 6.10. The highest BCUT2D eigenvalue weighted by atomic mass is 79.9. The van der Waals surface area contributed by atoms with Gasteiger partial charge >= 0.3 is 0 Å². The molecule has 0 bridgehead atoms. The third-order valence-electron chi connectivity index (χ3n) is 3.00. The molecular weight excluding hydrogens is 342 g/mol. The molecule has 2 aromatic carbocycles. The number of halogens is 2. The molecular formula is C15H15BrClNO2. The van der Waals surface area contributed by atoms with Gasteiger partial charge in [0.05, 0.1) is 23.9 Å². The van der Waals surface area contributed by atoms with Crippen LogP contribution in [0.15, 0.2) is 40.9 Å². The van der Waals surface area contributed by atoms with Gasteiger partial charge in [0.2, 0.25) is 0 Å². The van der Waals surface area contributed by atoms with Crippen molar-refractivity contribution in [2.75, 3.05) is 12.4 Å². The molecule has 0 saturated heterocycles. The standard InChI is InChI=1S/C15H15BrClNO2/c1-9(12-8-11(20-2)4-6-15(12)19)18-14-5-3-10(16)7-13(14)17/h3-9,18-19H,1-2H3. The topological polar surface area (TPSA) is 41.5 Å². The predicted molar refractivity (Wildman–Crippen MR) is 85.8 cm³/mol. The number of phenolic OH excluding ortho intramolecular Hbond substituents is 1. The largest absolute Gasteiger partial charge is 0.508 e. The Labute approximate surface area is 131 Å². The van der Waals surface area contributed by atoms with Gasteiger partial charge in [-0.1, -0.05) is 27.5 Å². The molecule has 0 aliphatic carbocycles. The monoisotopic (exact) mass is 355 g/mol. The highest BCUT2D eigenvalue weighted by Crippen LogP contribution is 2.33. The molecule has 0 spiro atoms. The first-order chi connectivity index (χ1) is 9.51. The van der Waals surface area contributed by atoms with Crippen molar-refractivity contribution in [3.63, 3.8) is 0 Å². The third kappa shape index (κ3) is 3.38. The van der Waals surface area contributed by atoms with E-state index in [4.69, 9.17) is 16.3 Å². The van der Waals surface area contributed by atoms with Gasteiger partial charge in [-0.2, -0.15) is 0 Å². The van der Waals surface area contributed by atoms with Crippen LogP contribution in [0.5, 0.6) is 11.5 Å². The number of hydrogen-bond acceptors (Lipinski definition) is 3. The van der Waals surface area contributed by atoms with E-state index in [1.54, 1.807) is 25.3 Å². The Morgan fingerprint density at radius 1 is 1.25 bits per heavy atom. The summed E-state index contributed by atoms with van der Waals surface area (Å²) in [6.45, 7) is 1.95. The fourth-order valence-electron chi connectivity index (χ4n) is 1.92. The lowest BCUT2D eigenvalue weighted by molar-refractivity contribution is 0.410. The second-order valence-electron chi connectivity index (χ2n) is 4.41. The summed E-state index contributed by atoms with van der Waals surface area (Å²) in [7, 11) is 1.60. The molecule has 0 aliphatic rings. The van der Waals surface area contributed by atoms with Crippen molar-refractivity contribution in [2.24, 2.45) is 0 Å². The van der Waals surface area contributed by atoms with Crippen molar-refractivity contribution in [1.29, 1.82) is 0 Å². The number of benzene rings is 2. The van der Waals surface area contributed by atoms with E-state index in [2.05, 4.69) is 21.2 Å². The highest BCUT2D eigenvalue weighted by Gasteiger charge is 2.13. The lowest BCUT2D eigenvalue weighted by Crippen LogP contribution is -2.07. The number of ether oxygens (including phenoxy) is 1. The zero-order valence-corrected chi connectivity index (χ0v) is 13.5. The van der Waals surface area contributed by atoms with Crippen LogP contribution in [0.2, 0.25) is 5.02 Å². The average molecular weight is 357 g/mol. The summed E-state index contributed by atoms with van der Waals surface area (Å²) in [4.78, 5) is 0. The van der Waals surface area contributed by atoms with Crippen molar-refractivity contribution in [1.82, 2.24) is 0 Å². The van der Waals surface area contributed by atoms with Crippen molar-refractivity contribution < 1.29 is 9.84 Å². The van der Waals surface area contributed by atoms with Crippen molar-refractivity contribution in [2.45, 2.75) is 13.0 Å². The van der Waals surface area contributed by atoms with E-state index < -0.39 is 0 Å². The minimum Gasteiger partial charge on any atom is -0.508 e. The third-order valence-corrected chi connectivity index (χ3v) is 3.81. The van der Waals surface area contributed by atoms with Crippen LogP contribution in [0, 0.1) is 0 Å². The molecule has 0 radical (unpaired) electrons. The van der Waals surface area contributed by atoms with Crippen LogP contribution in [0.3, 0.4) is 0 Å². The Morgan fingerprint density at radius 2 is 2.00 bits per heavy atom. The van der Waals surface area contributed by atoms with E-state index in [9.17, 15) is 5.11 Å². The average Bonchev–Trinajstić information content (AvgIpc) is 2.42. The number of anilines is 1. The maximum Gasteiger partial charge on any atom is 0.121 e. The quantitative estimate of drug-likeness (QED) is 0.811. The maximum absolute atomic E-state index is 9.96. The van der Waals surface area contributed by atoms with Gasteiger partial charge in [0, 0.05) is 10.0 Å². The van der Waals surface area contributed by atoms with Gasteiger partial charge in [0.25, 0.3) is 0 Å². The molecule has 2 N–H and O–H groups in total. The van der Waals surface area contributed by atoms with Crippen LogP contribution in [-0.2, 0) is 0 Å². The molecule has 2 rings (SSSR count). The summed E-state index contributed by atoms with van der Waals surface area (Å²) in [6.07, 6.45) is 0. The van der Waals surface area contributed by atoms with Gasteiger partial charge in [-0.25, -0.2) is 0 Å². The van der Waals surface area contributed by atoms with Crippen LogP contribution < -0.4 is 10.1 Å². The first kappa shape index (κ1) is 15.0. The zero-order chi connectivity index (χ0) is 14.7. The van der Waals surface area contributed by atoms with Crippen LogP contribution in [0.4, 0.5) is 5.69 Å². The first-order valence-corrected chi connectivity index (χ1v) is 7.27. The van der Waals surface area contributed by atoms with Crippen LogP contribution >= 0.6 is 27.5 Å². The molecule has 0 fully saturated rings. The fraction of sp³-hybridized carbons (Fsp3) is 0.200. The minimum absolute atomic E-state index is 0.108. The van der Waals surface area contributed by atoms with Crippen molar-refractivity contribution in [3.05, 3.63) is 51.5 Å². The van der Waals surface area contributed by atoms with Crippen LogP contribution in [-0.4, -0.2) is 12.2 Å². The summed E-state index contributed by atoms with van der Waals surface area (Å²) in [5.74, 6) is 0.924. The Morgan fingerprint density at radius 3 is 2.65 bits per heavy atom. The predicted octanol–water partition coefficient (Wildman–Crippen LogP) is 4.99. The Bertz CT molecular complexity index is 619. The summed E-state index contributed by atoms with van der Waals surface area (Å²) in [5.41, 5.74) is 1.56.